The first-order valence-corrected chi connectivity index (χ1v) is 10.1. The van der Waals surface area contributed by atoms with E-state index in [4.69, 9.17) is 28.3 Å². The average Bonchev–Trinajstić information content (AvgIpc) is 2.95. The molecule has 6 heteroatoms. The molecule has 1 aromatic heterocycles. The summed E-state index contributed by atoms with van der Waals surface area (Å²) < 4.78 is 1.93. The van der Waals surface area contributed by atoms with Crippen LogP contribution in [0.5, 0.6) is 0 Å². The van der Waals surface area contributed by atoms with Gasteiger partial charge in [0.15, 0.2) is 0 Å². The van der Waals surface area contributed by atoms with Crippen molar-refractivity contribution in [3.63, 3.8) is 0 Å². The number of aromatic nitrogens is 1. The minimum absolute atomic E-state index is 0.565. The SMILES string of the molecule is C=CCN=c1scc(-c2ccc(Cl)cc2Cl)n1/N=C1/CCCC(C)C1. The maximum Gasteiger partial charge on any atom is 0.206 e. The third-order valence-corrected chi connectivity index (χ3v) is 5.64. The van der Waals surface area contributed by atoms with Crippen LogP contribution in [0.25, 0.3) is 11.3 Å². The van der Waals surface area contributed by atoms with Crippen LogP contribution < -0.4 is 4.80 Å². The number of halogens is 2. The van der Waals surface area contributed by atoms with E-state index >= 15 is 0 Å². The molecular weight excluding hydrogens is 373 g/mol. The zero-order valence-corrected chi connectivity index (χ0v) is 16.5. The van der Waals surface area contributed by atoms with Crippen molar-refractivity contribution in [2.45, 2.75) is 32.6 Å². The summed E-state index contributed by atoms with van der Waals surface area (Å²) in [5.74, 6) is 0.683. The molecule has 3 rings (SSSR count). The monoisotopic (exact) mass is 393 g/mol. The second-order valence-electron chi connectivity index (χ2n) is 6.34. The quantitative estimate of drug-likeness (QED) is 0.567. The van der Waals surface area contributed by atoms with Gasteiger partial charge in [0.1, 0.15) is 0 Å². The maximum atomic E-state index is 6.43. The molecule has 0 aliphatic heterocycles. The van der Waals surface area contributed by atoms with Crippen LogP contribution in [0.4, 0.5) is 0 Å². The Morgan fingerprint density at radius 1 is 1.40 bits per heavy atom. The lowest BCUT2D eigenvalue weighted by Gasteiger charge is -2.19. The topological polar surface area (TPSA) is 29.6 Å². The number of rotatable bonds is 4. The van der Waals surface area contributed by atoms with Gasteiger partial charge in [0.25, 0.3) is 0 Å². The highest BCUT2D eigenvalue weighted by molar-refractivity contribution is 7.07. The van der Waals surface area contributed by atoms with E-state index < -0.39 is 0 Å². The lowest BCUT2D eigenvalue weighted by atomic mass is 9.89. The van der Waals surface area contributed by atoms with Gasteiger partial charge in [-0.3, -0.25) is 4.99 Å². The van der Waals surface area contributed by atoms with Crippen molar-refractivity contribution < 1.29 is 0 Å². The van der Waals surface area contributed by atoms with E-state index in [1.165, 1.54) is 18.6 Å². The van der Waals surface area contributed by atoms with E-state index in [0.29, 0.717) is 22.5 Å². The first kappa shape index (κ1) is 18.4. The predicted molar refractivity (Wildman–Crippen MR) is 109 cm³/mol. The van der Waals surface area contributed by atoms with E-state index in [9.17, 15) is 0 Å². The summed E-state index contributed by atoms with van der Waals surface area (Å²) in [6, 6.07) is 5.54. The third-order valence-electron chi connectivity index (χ3n) is 4.24. The van der Waals surface area contributed by atoms with Gasteiger partial charge in [-0.1, -0.05) is 36.2 Å². The molecule has 0 radical (unpaired) electrons. The Balaban J connectivity index is 2.11. The molecule has 1 aliphatic carbocycles. The number of hydrogen-bond donors (Lipinski definition) is 0. The summed E-state index contributed by atoms with van der Waals surface area (Å²) in [6.45, 7) is 6.60. The van der Waals surface area contributed by atoms with Crippen LogP contribution in [0.15, 0.2) is 46.3 Å². The fourth-order valence-corrected chi connectivity index (χ4v) is 4.36. The molecular formula is C19H21Cl2N3S. The van der Waals surface area contributed by atoms with Gasteiger partial charge in [-0.25, -0.2) is 4.68 Å². The van der Waals surface area contributed by atoms with Crippen LogP contribution in [0.2, 0.25) is 10.0 Å². The predicted octanol–water partition coefficient (Wildman–Crippen LogP) is 6.02. The smallest absolute Gasteiger partial charge is 0.206 e. The number of thiazole rings is 1. The molecule has 0 amide bonds. The van der Waals surface area contributed by atoms with Crippen LogP contribution >= 0.6 is 34.5 Å². The summed E-state index contributed by atoms with van der Waals surface area (Å²) in [6.07, 6.45) is 6.34. The number of hydrogen-bond acceptors (Lipinski definition) is 3. The van der Waals surface area contributed by atoms with E-state index in [1.807, 2.05) is 22.2 Å². The minimum Gasteiger partial charge on any atom is -0.253 e. The Bertz CT molecular complexity index is 864. The normalized spacial score (nSPS) is 20.2. The molecule has 1 atom stereocenters. The van der Waals surface area contributed by atoms with Gasteiger partial charge in [0.2, 0.25) is 4.80 Å². The molecule has 1 saturated carbocycles. The van der Waals surface area contributed by atoms with Crippen molar-refractivity contribution in [2.75, 3.05) is 6.54 Å². The van der Waals surface area contributed by atoms with Gasteiger partial charge in [-0.05, 0) is 49.8 Å². The van der Waals surface area contributed by atoms with Crippen LogP contribution in [0, 0.1) is 5.92 Å². The van der Waals surface area contributed by atoms with Gasteiger partial charge in [-0.15, -0.1) is 17.9 Å². The number of benzene rings is 1. The largest absolute Gasteiger partial charge is 0.253 e. The van der Waals surface area contributed by atoms with Crippen LogP contribution in [0.3, 0.4) is 0 Å². The Morgan fingerprint density at radius 2 is 2.24 bits per heavy atom. The second kappa shape index (κ2) is 8.35. The molecule has 0 bridgehead atoms. The summed E-state index contributed by atoms with van der Waals surface area (Å²) >= 11 is 14.0. The molecule has 0 saturated heterocycles. The average molecular weight is 394 g/mol. The fourth-order valence-electron chi connectivity index (χ4n) is 3.02. The highest BCUT2D eigenvalue weighted by atomic mass is 35.5. The molecule has 1 aliphatic rings. The zero-order chi connectivity index (χ0) is 17.8. The van der Waals surface area contributed by atoms with E-state index in [2.05, 4.69) is 18.5 Å². The molecule has 25 heavy (non-hydrogen) atoms. The molecule has 0 spiro atoms. The summed E-state index contributed by atoms with van der Waals surface area (Å²) in [5, 5.41) is 8.24. The first-order valence-electron chi connectivity index (χ1n) is 8.42. The second-order valence-corrected chi connectivity index (χ2v) is 8.02. The van der Waals surface area contributed by atoms with Crippen molar-refractivity contribution in [1.29, 1.82) is 0 Å². The van der Waals surface area contributed by atoms with E-state index in [1.54, 1.807) is 23.5 Å². The molecule has 2 aromatic rings. The molecule has 3 nitrogen and oxygen atoms in total. The van der Waals surface area contributed by atoms with Gasteiger partial charge in [0.05, 0.1) is 17.3 Å². The van der Waals surface area contributed by atoms with E-state index in [0.717, 1.165) is 28.9 Å². The molecule has 132 valence electrons. The van der Waals surface area contributed by atoms with E-state index in [-0.39, 0.29) is 0 Å². The highest BCUT2D eigenvalue weighted by Gasteiger charge is 2.16. The van der Waals surface area contributed by atoms with Crippen molar-refractivity contribution >= 4 is 40.3 Å². The summed E-state index contributed by atoms with van der Waals surface area (Å²) in [7, 11) is 0. The molecule has 1 unspecified atom stereocenters. The zero-order valence-electron chi connectivity index (χ0n) is 14.2. The lowest BCUT2D eigenvalue weighted by Crippen LogP contribution is -2.19. The molecule has 1 fully saturated rings. The third kappa shape index (κ3) is 4.43. The van der Waals surface area contributed by atoms with Gasteiger partial charge in [-0.2, -0.15) is 5.10 Å². The first-order chi connectivity index (χ1) is 12.1. The molecule has 1 aromatic carbocycles. The summed E-state index contributed by atoms with van der Waals surface area (Å²) in [5.41, 5.74) is 3.08. The minimum atomic E-state index is 0.565. The maximum absolute atomic E-state index is 6.43. The standard InChI is InChI=1S/C19H21Cl2N3S/c1-3-9-22-19-24(23-15-6-4-5-13(2)10-15)18(12-25-19)16-8-7-14(20)11-17(16)21/h3,7-8,11-13H,1,4-6,9-10H2,2H3/b22-19?,23-15-. The molecule has 1 heterocycles. The van der Waals surface area contributed by atoms with Gasteiger partial charge >= 0.3 is 0 Å². The Morgan fingerprint density at radius 3 is 2.96 bits per heavy atom. The van der Waals surface area contributed by atoms with Crippen LogP contribution in [-0.2, 0) is 0 Å². The van der Waals surface area contributed by atoms with Gasteiger partial charge in [0, 0.05) is 21.7 Å². The highest BCUT2D eigenvalue weighted by Crippen LogP contribution is 2.31. The Kier molecular flexibility index (Phi) is 6.15. The van der Waals surface area contributed by atoms with Crippen molar-refractivity contribution in [3.8, 4) is 11.3 Å². The summed E-state index contributed by atoms with van der Waals surface area (Å²) in [4.78, 5) is 5.44. The number of nitrogens with zero attached hydrogens (tertiary/aromatic N) is 3. The molecule has 0 N–H and O–H groups in total. The van der Waals surface area contributed by atoms with Crippen molar-refractivity contribution in [1.82, 2.24) is 4.68 Å². The van der Waals surface area contributed by atoms with Crippen molar-refractivity contribution in [2.24, 2.45) is 16.0 Å². The lowest BCUT2D eigenvalue weighted by molar-refractivity contribution is 0.497. The Labute approximate surface area is 162 Å². The van der Waals surface area contributed by atoms with Crippen LogP contribution in [0.1, 0.15) is 32.6 Å². The van der Waals surface area contributed by atoms with Crippen molar-refractivity contribution in [3.05, 3.63) is 51.1 Å². The fraction of sp³-hybridized carbons (Fsp3) is 0.368. The van der Waals surface area contributed by atoms with Crippen LogP contribution in [-0.4, -0.2) is 16.9 Å². The van der Waals surface area contributed by atoms with Gasteiger partial charge < -0.3 is 0 Å². The Hall–Kier alpha value is -1.36.